The Hall–Kier alpha value is -1.97. The van der Waals surface area contributed by atoms with Gasteiger partial charge in [-0.1, -0.05) is 30.3 Å². The van der Waals surface area contributed by atoms with E-state index in [1.807, 2.05) is 66.7 Å². The van der Waals surface area contributed by atoms with E-state index in [1.165, 1.54) is 0 Å². The molecule has 0 saturated heterocycles. The summed E-state index contributed by atoms with van der Waals surface area (Å²) in [5.74, 6) is 0.530. The first-order chi connectivity index (χ1) is 14.5. The zero-order valence-corrected chi connectivity index (χ0v) is 20.8. The third-order valence-corrected chi connectivity index (χ3v) is 6.16. The normalized spacial score (nSPS) is 14.6. The van der Waals surface area contributed by atoms with Gasteiger partial charge in [-0.2, -0.15) is 0 Å². The van der Waals surface area contributed by atoms with Crippen molar-refractivity contribution in [3.63, 3.8) is 0 Å². The molecule has 1 heterocycles. The molecule has 7 heteroatoms. The van der Waals surface area contributed by atoms with Crippen molar-refractivity contribution in [2.75, 3.05) is 0 Å². The maximum absolute atomic E-state index is 12.3. The average molecular weight is 639 g/mol. The summed E-state index contributed by atoms with van der Waals surface area (Å²) >= 11 is 9.33. The number of hydrogen-bond donors (Lipinski definition) is 0. The van der Waals surface area contributed by atoms with Crippen molar-refractivity contribution in [2.45, 2.75) is 6.61 Å². The van der Waals surface area contributed by atoms with Crippen LogP contribution < -0.4 is 4.74 Å². The second kappa shape index (κ2) is 9.45. The molecule has 30 heavy (non-hydrogen) atoms. The van der Waals surface area contributed by atoms with Gasteiger partial charge in [-0.05, 0) is 108 Å². The highest BCUT2D eigenvalue weighted by atomic mass is 127. The van der Waals surface area contributed by atoms with Crippen molar-refractivity contribution in [1.29, 1.82) is 0 Å². The number of hydrogen-bond acceptors (Lipinski definition) is 4. The number of benzene rings is 3. The van der Waals surface area contributed by atoms with Gasteiger partial charge in [0.1, 0.15) is 12.4 Å². The van der Waals surface area contributed by atoms with E-state index >= 15 is 0 Å². The van der Waals surface area contributed by atoms with Crippen molar-refractivity contribution in [1.82, 2.24) is 0 Å². The molecule has 0 spiro atoms. The monoisotopic (exact) mass is 637 g/mol. The van der Waals surface area contributed by atoms with Crippen LogP contribution in [0.3, 0.4) is 0 Å². The Balaban J connectivity index is 1.56. The third kappa shape index (κ3) is 5.01. The van der Waals surface area contributed by atoms with E-state index in [0.717, 1.165) is 29.2 Å². The Kier molecular flexibility index (Phi) is 6.70. The van der Waals surface area contributed by atoms with Gasteiger partial charge in [0, 0.05) is 9.13 Å². The van der Waals surface area contributed by atoms with E-state index in [2.05, 4.69) is 59.4 Å². The molecule has 1 aliphatic heterocycles. The number of cyclic esters (lactones) is 1. The van der Waals surface area contributed by atoms with E-state index in [1.54, 1.807) is 6.08 Å². The minimum Gasteiger partial charge on any atom is -0.487 e. The fourth-order valence-corrected chi connectivity index (χ4v) is 4.62. The van der Waals surface area contributed by atoms with Crippen LogP contribution in [0.2, 0.25) is 0 Å². The number of nitrogens with zero attached hydrogens (tertiary/aromatic N) is 1. The molecule has 3 aromatic carbocycles. The van der Waals surface area contributed by atoms with Gasteiger partial charge in [0.15, 0.2) is 5.70 Å². The summed E-state index contributed by atoms with van der Waals surface area (Å²) in [6.07, 6.45) is 1.69. The van der Waals surface area contributed by atoms with Gasteiger partial charge in [-0.15, -0.1) is 0 Å². The number of aliphatic imine (C=N–C) groups is 1. The maximum Gasteiger partial charge on any atom is 0.363 e. The molecule has 150 valence electrons. The number of halogens is 3. The largest absolute Gasteiger partial charge is 0.487 e. The predicted octanol–water partition coefficient (Wildman–Crippen LogP) is 6.74. The lowest BCUT2D eigenvalue weighted by Gasteiger charge is -2.11. The molecule has 0 aliphatic carbocycles. The minimum atomic E-state index is -0.472. The SMILES string of the molecule is O=C1OC(c2ccc(I)cc2)=N/C1=C\c1cc(Br)c(OCc2ccccc2)c(Br)c1. The van der Waals surface area contributed by atoms with E-state index in [0.29, 0.717) is 18.3 Å². The smallest absolute Gasteiger partial charge is 0.363 e. The highest BCUT2D eigenvalue weighted by Gasteiger charge is 2.24. The molecule has 4 rings (SSSR count). The molecule has 0 N–H and O–H groups in total. The fourth-order valence-electron chi connectivity index (χ4n) is 2.81. The van der Waals surface area contributed by atoms with Gasteiger partial charge in [0.05, 0.1) is 8.95 Å². The second-order valence-electron chi connectivity index (χ2n) is 6.43. The van der Waals surface area contributed by atoms with Gasteiger partial charge in [0.25, 0.3) is 0 Å². The van der Waals surface area contributed by atoms with Crippen molar-refractivity contribution in [3.05, 3.63) is 102 Å². The first kappa shape index (κ1) is 21.3. The van der Waals surface area contributed by atoms with Crippen LogP contribution in [-0.2, 0) is 16.1 Å². The molecule has 0 saturated carbocycles. The molecule has 0 aromatic heterocycles. The molecular formula is C23H14Br2INO3. The predicted molar refractivity (Wildman–Crippen MR) is 132 cm³/mol. The maximum atomic E-state index is 12.3. The summed E-state index contributed by atoms with van der Waals surface area (Å²) in [7, 11) is 0. The molecule has 4 nitrogen and oxygen atoms in total. The average Bonchev–Trinajstić information content (AvgIpc) is 3.09. The topological polar surface area (TPSA) is 47.9 Å². The zero-order chi connectivity index (χ0) is 21.1. The van der Waals surface area contributed by atoms with Crippen LogP contribution in [0.1, 0.15) is 16.7 Å². The summed E-state index contributed by atoms with van der Waals surface area (Å²) in [5, 5.41) is 0. The van der Waals surface area contributed by atoms with Crippen LogP contribution in [-0.4, -0.2) is 11.9 Å². The Morgan fingerprint density at radius 3 is 2.33 bits per heavy atom. The molecule has 1 aliphatic rings. The van der Waals surface area contributed by atoms with Gasteiger partial charge >= 0.3 is 5.97 Å². The molecule has 0 bridgehead atoms. The van der Waals surface area contributed by atoms with Crippen LogP contribution >= 0.6 is 54.5 Å². The number of carbonyl (C=O) groups excluding carboxylic acids is 1. The Bertz CT molecular complexity index is 1140. The van der Waals surface area contributed by atoms with Crippen LogP contribution in [0.5, 0.6) is 5.75 Å². The van der Waals surface area contributed by atoms with E-state index in [9.17, 15) is 4.79 Å². The number of ether oxygens (including phenoxy) is 2. The molecular weight excluding hydrogens is 625 g/mol. The Labute approximate surface area is 204 Å². The molecule has 0 amide bonds. The lowest BCUT2D eigenvalue weighted by atomic mass is 10.2. The first-order valence-corrected chi connectivity index (χ1v) is 11.6. The molecule has 0 fully saturated rings. The lowest BCUT2D eigenvalue weighted by Crippen LogP contribution is -2.05. The van der Waals surface area contributed by atoms with E-state index in [-0.39, 0.29) is 5.70 Å². The minimum absolute atomic E-state index is 0.250. The van der Waals surface area contributed by atoms with Crippen molar-refractivity contribution in [2.24, 2.45) is 4.99 Å². The Morgan fingerprint density at radius 1 is 1.00 bits per heavy atom. The Morgan fingerprint density at radius 2 is 1.67 bits per heavy atom. The van der Waals surface area contributed by atoms with Crippen LogP contribution in [0.25, 0.3) is 6.08 Å². The molecule has 3 aromatic rings. The van der Waals surface area contributed by atoms with Crippen molar-refractivity contribution >= 4 is 72.4 Å². The zero-order valence-electron chi connectivity index (χ0n) is 15.4. The quantitative estimate of drug-likeness (QED) is 0.177. The second-order valence-corrected chi connectivity index (χ2v) is 9.39. The van der Waals surface area contributed by atoms with Crippen LogP contribution in [0, 0.1) is 3.57 Å². The van der Waals surface area contributed by atoms with Gasteiger partial charge < -0.3 is 9.47 Å². The highest BCUT2D eigenvalue weighted by molar-refractivity contribution is 14.1. The van der Waals surface area contributed by atoms with E-state index in [4.69, 9.17) is 9.47 Å². The van der Waals surface area contributed by atoms with Crippen molar-refractivity contribution in [3.8, 4) is 5.75 Å². The molecule has 0 unspecified atom stereocenters. The van der Waals surface area contributed by atoms with Gasteiger partial charge in [-0.25, -0.2) is 9.79 Å². The summed E-state index contributed by atoms with van der Waals surface area (Å²) in [6.45, 7) is 0.453. The van der Waals surface area contributed by atoms with Gasteiger partial charge in [-0.3, -0.25) is 0 Å². The summed E-state index contributed by atoms with van der Waals surface area (Å²) < 4.78 is 13.9. The number of carbonyl (C=O) groups is 1. The third-order valence-electron chi connectivity index (χ3n) is 4.26. The standard InChI is InChI=1S/C23H14Br2INO3/c24-18-10-15(11-19(25)21(18)29-13-14-4-2-1-3-5-14)12-20-23(28)30-22(27-20)16-6-8-17(26)9-7-16/h1-12H,13H2/b20-12-. The molecule has 0 radical (unpaired) electrons. The van der Waals surface area contributed by atoms with Crippen molar-refractivity contribution < 1.29 is 14.3 Å². The fraction of sp³-hybridized carbons (Fsp3) is 0.0435. The van der Waals surface area contributed by atoms with Gasteiger partial charge in [0.2, 0.25) is 5.90 Å². The lowest BCUT2D eigenvalue weighted by molar-refractivity contribution is -0.129. The summed E-state index contributed by atoms with van der Waals surface area (Å²) in [6, 6.07) is 21.3. The number of esters is 1. The molecule has 0 atom stereocenters. The summed E-state index contributed by atoms with van der Waals surface area (Å²) in [4.78, 5) is 16.6. The number of rotatable bonds is 5. The summed E-state index contributed by atoms with van der Waals surface area (Å²) in [5.41, 5.74) is 2.88. The first-order valence-electron chi connectivity index (χ1n) is 8.94. The van der Waals surface area contributed by atoms with Crippen LogP contribution in [0.4, 0.5) is 0 Å². The van der Waals surface area contributed by atoms with E-state index < -0.39 is 5.97 Å². The van der Waals surface area contributed by atoms with Crippen LogP contribution in [0.15, 0.2) is 86.4 Å². The highest BCUT2D eigenvalue weighted by Crippen LogP contribution is 2.36.